The first-order valence-electron chi connectivity index (χ1n) is 43.7. The maximum absolute atomic E-state index is 13.1. The number of nitrogens with two attached hydrogens (primary N) is 2. The molecule has 11 aliphatic heterocycles. The van der Waals surface area contributed by atoms with Gasteiger partial charge in [-0.1, -0.05) is 27.7 Å². The van der Waals surface area contributed by atoms with Crippen molar-refractivity contribution in [3.05, 3.63) is 0 Å². The Labute approximate surface area is 761 Å². The summed E-state index contributed by atoms with van der Waals surface area (Å²) in [5, 5.41) is 355. The number of carboxylic acid groups (broad SMARTS) is 2. The molecule has 11 heterocycles. The molecule has 11 rings (SSSR count). The van der Waals surface area contributed by atoms with E-state index in [2.05, 4.69) is 0 Å². The molecule has 0 amide bonds. The topological polar surface area (TPSA) is 927 Å². The second-order valence-corrected chi connectivity index (χ2v) is 35.7. The molecule has 11 aliphatic rings. The highest BCUT2D eigenvalue weighted by Gasteiger charge is 2.64. The van der Waals surface area contributed by atoms with Crippen LogP contribution in [0.15, 0.2) is 0 Å². The summed E-state index contributed by atoms with van der Waals surface area (Å²) in [4.78, 5) is 25.9. The van der Waals surface area contributed by atoms with Crippen LogP contribution >= 0.6 is 0 Å². The number of ether oxygens (including phenoxy) is 21. The van der Waals surface area contributed by atoms with Crippen molar-refractivity contribution < 1.29 is 272 Å². The van der Waals surface area contributed by atoms with Crippen molar-refractivity contribution >= 4 is 11.9 Å². The minimum Gasteiger partial charge on any atom is -0.477 e. The average Bonchev–Trinajstić information content (AvgIpc) is 0.748. The molecule has 0 aliphatic carbocycles. The SMILES string of the molecule is CC1C(O)[C@H](O[C@@H]2OC(CO)[C@H](O)C(O[C@]3(C(=O)O)C[C@@H](O)[C@@H](N)C([C@H](O)[C@H](O)CO)O3)C2O)[C@H](CO)O[C@H]1O[C@@H]1C(O)[C@H](O)C(CO)O[C@@H]1OCC1O[C@@H](O[C@@H]2C(CO)O[C@@H](O[C@@H]3C(CO)O[C@@H](C)[C@@H](C)C3O)[C@@H](C)C2O)[C@H](O)C(O[C@H]2O[C@H](CO)[C@@H](O)C(O)C2O[C@@H]2OC(CO)[C@@H](O[C@@H]3OC(CO[C@]4(C(=O)O)C[C@@H](O)[C@@H](N)C([C@H](O)[C@H](O)CO)O4)[C@H](O)C(O)[C@@H]3O)C(O)[C@@H]2C)[C@@H]1O. The molecule has 36 N–H and O–H groups in total. The van der Waals surface area contributed by atoms with Gasteiger partial charge in [-0.3, -0.25) is 0 Å². The highest BCUT2D eigenvalue weighted by Crippen LogP contribution is 2.45. The molecule has 0 aromatic carbocycles. The van der Waals surface area contributed by atoms with Gasteiger partial charge in [-0.15, -0.1) is 0 Å². The summed E-state index contributed by atoms with van der Waals surface area (Å²) in [6, 6.07) is -3.25. The molecule has 0 aromatic rings. The van der Waals surface area contributed by atoms with Crippen LogP contribution in [0.4, 0.5) is 0 Å². The number of aliphatic hydroxyl groups is 30. The molecule has 0 bridgehead atoms. The first-order valence-corrected chi connectivity index (χ1v) is 43.7. The fourth-order valence-electron chi connectivity index (χ4n) is 18.1. The van der Waals surface area contributed by atoms with E-state index in [0.717, 1.165) is 0 Å². The lowest BCUT2D eigenvalue weighted by atomic mass is 9.88. The minimum absolute atomic E-state index is 0.586. The van der Waals surface area contributed by atoms with Gasteiger partial charge in [0, 0.05) is 36.5 Å². The van der Waals surface area contributed by atoms with Gasteiger partial charge in [0.2, 0.25) is 0 Å². The Morgan fingerprint density at radius 2 is 0.619 bits per heavy atom. The normalized spacial score (nSPS) is 50.9. The monoisotopic (exact) mass is 1960 g/mol. The summed E-state index contributed by atoms with van der Waals surface area (Å²) in [6.07, 6.45) is -99.7. The Balaban J connectivity index is 0.839. The number of hydrogen-bond acceptors (Lipinski definition) is 55. The van der Waals surface area contributed by atoms with Crippen LogP contribution in [0, 0.1) is 23.7 Å². The standard InChI is InChI=1S/C77H132N2O55/c1-19-23(5)116-31(13-85)56(39(19)93)125-66-20(2)40(94)58(33(15-87)120-66)127-70-54(108)62(129-73-65(52(106)46(100)29(11-83)119-73)131-68-22(4)41(95)57(32(14-86)122-68)126-69-53(107)50(104)47(101)36(124-69)18-115-76(74(110)111)6-24(89)37(78)60(132-76)43(97)26(91)8-80)49(103)35(123-70)17-114-72-64(51(105)45(99)28(10-82)118-72)130-67-21(3)42(96)59(34(16-88)121-67)128-71-55(109)63(48(102)30(12-84)117-71)134-77(75(112)113)7-25(90)38(79)61(133-77)44(98)27(92)9-81/h19-73,80-109H,6-18,78-79H2,1-5H3,(H,110,111)(H,112,113)/t19-,20+,21?,22+,23+,24-,25-,26-,27-,28?,29-,30?,31?,32?,33?,34+,35?,36?,37-,38-,39?,40?,41?,42?,43-,44-,45-,46-,47+,48+,49-,50?,51?,52?,53+,54-,55?,56-,57-,58-,59-,60?,61?,62?,63?,64-,65?,66+,67+,68+,69+,70+,71+,72+,73-,76-,77+/m1/s1. The third-order valence-electron chi connectivity index (χ3n) is 26.8. The van der Waals surface area contributed by atoms with Crippen LogP contribution in [0.1, 0.15) is 47.5 Å². The van der Waals surface area contributed by atoms with Gasteiger partial charge in [0.05, 0.1) is 127 Å². The predicted octanol–water partition coefficient (Wildman–Crippen LogP) is -20.5. The summed E-state index contributed by atoms with van der Waals surface area (Å²) in [5.41, 5.74) is 12.0. The van der Waals surface area contributed by atoms with Crippen LogP contribution in [0.5, 0.6) is 0 Å². The summed E-state index contributed by atoms with van der Waals surface area (Å²) < 4.78 is 126. The van der Waals surface area contributed by atoms with Gasteiger partial charge < -0.3 is 274 Å². The molecule has 11 fully saturated rings. The molecule has 57 nitrogen and oxygen atoms in total. The van der Waals surface area contributed by atoms with E-state index in [9.17, 15) is 173 Å². The Morgan fingerprint density at radius 3 is 1.04 bits per heavy atom. The van der Waals surface area contributed by atoms with E-state index in [-0.39, 0.29) is 0 Å². The molecule has 57 atom stereocenters. The first-order chi connectivity index (χ1) is 63.2. The molecular formula is C77H132N2O55. The average molecular weight is 1970 g/mol. The van der Waals surface area contributed by atoms with Crippen molar-refractivity contribution in [2.45, 2.75) is 372 Å². The zero-order valence-corrected chi connectivity index (χ0v) is 72.8. The van der Waals surface area contributed by atoms with Crippen LogP contribution in [-0.4, -0.2) is 572 Å². The van der Waals surface area contributed by atoms with Crippen molar-refractivity contribution in [2.24, 2.45) is 35.1 Å². The van der Waals surface area contributed by atoms with Gasteiger partial charge in [0.25, 0.3) is 11.6 Å². The van der Waals surface area contributed by atoms with Crippen molar-refractivity contribution in [3.63, 3.8) is 0 Å². The van der Waals surface area contributed by atoms with E-state index < -0.39 is 445 Å². The quantitative estimate of drug-likeness (QED) is 0.0275. The van der Waals surface area contributed by atoms with Gasteiger partial charge in [-0.25, -0.2) is 9.59 Å². The second-order valence-electron chi connectivity index (χ2n) is 35.7. The fourth-order valence-corrected chi connectivity index (χ4v) is 18.1. The number of carboxylic acids is 2. The highest BCUT2D eigenvalue weighted by molar-refractivity contribution is 5.76. The predicted molar refractivity (Wildman–Crippen MR) is 417 cm³/mol. The second kappa shape index (κ2) is 47.1. The zero-order chi connectivity index (χ0) is 99.0. The Hall–Kier alpha value is -3.18. The number of aliphatic carboxylic acids is 2. The molecule has 134 heavy (non-hydrogen) atoms. The minimum atomic E-state index is -3.17. The fraction of sp³-hybridized carbons (Fsp3) is 0.974. The van der Waals surface area contributed by atoms with Crippen molar-refractivity contribution in [3.8, 4) is 0 Å². The van der Waals surface area contributed by atoms with Gasteiger partial charge in [-0.2, -0.15) is 0 Å². The van der Waals surface area contributed by atoms with Crippen molar-refractivity contribution in [2.75, 3.05) is 72.7 Å². The molecule has 0 aromatic heterocycles. The van der Waals surface area contributed by atoms with Crippen molar-refractivity contribution in [1.29, 1.82) is 0 Å². The molecule has 11 saturated heterocycles. The smallest absolute Gasteiger partial charge is 0.364 e. The molecule has 57 heteroatoms. The number of rotatable bonds is 37. The van der Waals surface area contributed by atoms with Gasteiger partial charge in [0.1, 0.15) is 208 Å². The van der Waals surface area contributed by atoms with Gasteiger partial charge in [-0.05, 0) is 6.92 Å². The lowest BCUT2D eigenvalue weighted by molar-refractivity contribution is -0.403. The molecule has 21 unspecified atom stereocenters. The highest BCUT2D eigenvalue weighted by atomic mass is 16.8. The van der Waals surface area contributed by atoms with Crippen LogP contribution in [0.3, 0.4) is 0 Å². The summed E-state index contributed by atoms with van der Waals surface area (Å²) >= 11 is 0. The lowest BCUT2D eigenvalue weighted by Gasteiger charge is -2.51. The van der Waals surface area contributed by atoms with E-state index in [1.165, 1.54) is 20.8 Å². The maximum Gasteiger partial charge on any atom is 0.364 e. The molecule has 780 valence electrons. The van der Waals surface area contributed by atoms with Crippen LogP contribution in [0.25, 0.3) is 0 Å². The molecular weight excluding hydrogens is 1830 g/mol. The third-order valence-corrected chi connectivity index (χ3v) is 26.8. The largest absolute Gasteiger partial charge is 0.477 e. The van der Waals surface area contributed by atoms with E-state index in [0.29, 0.717) is 0 Å². The molecule has 0 radical (unpaired) electrons. The first kappa shape index (κ1) is 111. The lowest BCUT2D eigenvalue weighted by Crippen LogP contribution is -2.70. The van der Waals surface area contributed by atoms with E-state index >= 15 is 0 Å². The van der Waals surface area contributed by atoms with Crippen molar-refractivity contribution in [1.82, 2.24) is 0 Å². The van der Waals surface area contributed by atoms with Crippen LogP contribution in [0.2, 0.25) is 0 Å². The molecule has 0 spiro atoms. The zero-order valence-electron chi connectivity index (χ0n) is 72.8. The van der Waals surface area contributed by atoms with Crippen LogP contribution in [-0.2, 0) is 109 Å². The number of aliphatic hydroxyl groups excluding tert-OH is 30. The number of hydrogen-bond donors (Lipinski definition) is 34. The number of carbonyl (C=O) groups is 2. The van der Waals surface area contributed by atoms with Gasteiger partial charge >= 0.3 is 11.9 Å². The van der Waals surface area contributed by atoms with E-state index in [1.54, 1.807) is 13.8 Å². The Morgan fingerprint density at radius 1 is 0.313 bits per heavy atom. The summed E-state index contributed by atoms with van der Waals surface area (Å²) in [7, 11) is 0. The summed E-state index contributed by atoms with van der Waals surface area (Å²) in [5.74, 6) is -15.0. The van der Waals surface area contributed by atoms with Crippen LogP contribution < -0.4 is 11.5 Å². The van der Waals surface area contributed by atoms with Gasteiger partial charge in [0.15, 0.2) is 50.3 Å². The van der Waals surface area contributed by atoms with E-state index in [1.807, 2.05) is 0 Å². The molecule has 0 saturated carbocycles. The third kappa shape index (κ3) is 23.0. The summed E-state index contributed by atoms with van der Waals surface area (Å²) in [6.45, 7) is -4.79. The Bertz CT molecular complexity index is 3610. The Kier molecular flexibility index (Phi) is 39.1. The van der Waals surface area contributed by atoms with E-state index in [4.69, 9.17) is 111 Å². The maximum atomic E-state index is 13.1.